The topological polar surface area (TPSA) is 118 Å². The molecule has 3 rings (SSSR count). The first kappa shape index (κ1) is 19.7. The Labute approximate surface area is 160 Å². The van der Waals surface area contributed by atoms with Crippen molar-refractivity contribution < 1.29 is 29.7 Å². The second-order valence-electron chi connectivity index (χ2n) is 7.12. The fourth-order valence-electron chi connectivity index (χ4n) is 3.72. The predicted molar refractivity (Wildman–Crippen MR) is 99.1 cm³/mol. The minimum atomic E-state index is -1.61. The van der Waals surface area contributed by atoms with Crippen molar-refractivity contribution in [3.8, 4) is 0 Å². The largest absolute Gasteiger partial charge is 0.480 e. The van der Waals surface area contributed by atoms with Gasteiger partial charge in [0.1, 0.15) is 18.1 Å². The zero-order valence-electron chi connectivity index (χ0n) is 15.0. The number of amides is 2. The van der Waals surface area contributed by atoms with Crippen LogP contribution in [0.1, 0.15) is 13.8 Å². The van der Waals surface area contributed by atoms with Crippen LogP contribution in [0.15, 0.2) is 30.3 Å². The van der Waals surface area contributed by atoms with Crippen LogP contribution >= 0.6 is 11.8 Å². The van der Waals surface area contributed by atoms with E-state index in [-0.39, 0.29) is 13.2 Å². The van der Waals surface area contributed by atoms with Gasteiger partial charge in [-0.3, -0.25) is 9.59 Å². The third-order valence-electron chi connectivity index (χ3n) is 4.97. The van der Waals surface area contributed by atoms with Crippen LogP contribution < -0.4 is 4.90 Å². The van der Waals surface area contributed by atoms with E-state index in [0.29, 0.717) is 5.69 Å². The molecule has 2 saturated heterocycles. The summed E-state index contributed by atoms with van der Waals surface area (Å²) < 4.78 is -0.728. The fraction of sp³-hybridized carbons (Fsp3) is 0.500. The number of para-hydroxylation sites is 1. The first-order chi connectivity index (χ1) is 12.7. The number of anilines is 1. The summed E-state index contributed by atoms with van der Waals surface area (Å²) in [5.74, 6) is -3.33. The number of hydrogen-bond acceptors (Lipinski definition) is 6. The molecule has 4 atom stereocenters. The van der Waals surface area contributed by atoms with Gasteiger partial charge in [0.15, 0.2) is 0 Å². The average molecular weight is 394 g/mol. The van der Waals surface area contributed by atoms with Crippen molar-refractivity contribution in [2.45, 2.75) is 36.1 Å². The molecule has 2 heterocycles. The summed E-state index contributed by atoms with van der Waals surface area (Å²) in [5.41, 5.74) is 0.502. The Kier molecular flexibility index (Phi) is 5.20. The van der Waals surface area contributed by atoms with E-state index in [4.69, 9.17) is 0 Å². The van der Waals surface area contributed by atoms with Crippen LogP contribution in [0.5, 0.6) is 0 Å². The number of carbonyl (C=O) groups excluding carboxylic acids is 2. The number of thioether (sulfide) groups is 1. The van der Waals surface area contributed by atoms with E-state index in [1.54, 1.807) is 44.2 Å². The van der Waals surface area contributed by atoms with Crippen LogP contribution in [-0.4, -0.2) is 73.4 Å². The van der Waals surface area contributed by atoms with Crippen LogP contribution in [0.3, 0.4) is 0 Å². The Balaban J connectivity index is 1.82. The highest BCUT2D eigenvalue weighted by molar-refractivity contribution is 8.01. The van der Waals surface area contributed by atoms with E-state index < -0.39 is 46.0 Å². The molecule has 8 nitrogen and oxygen atoms in total. The van der Waals surface area contributed by atoms with Crippen LogP contribution in [-0.2, 0) is 14.4 Å². The number of β-lactam (4-membered cyclic amide) rings is 1. The summed E-state index contributed by atoms with van der Waals surface area (Å²) in [6.07, 6.45) is -1.61. The summed E-state index contributed by atoms with van der Waals surface area (Å²) in [7, 11) is 0. The van der Waals surface area contributed by atoms with E-state index >= 15 is 0 Å². The number of carbonyl (C=O) groups is 3. The molecule has 2 fully saturated rings. The van der Waals surface area contributed by atoms with Gasteiger partial charge < -0.3 is 25.1 Å². The van der Waals surface area contributed by atoms with Crippen molar-refractivity contribution in [3.05, 3.63) is 30.3 Å². The molecule has 2 amide bonds. The van der Waals surface area contributed by atoms with Gasteiger partial charge in [-0.2, -0.15) is 0 Å². The minimum absolute atomic E-state index is 0.0222. The van der Waals surface area contributed by atoms with Crippen molar-refractivity contribution in [3.63, 3.8) is 0 Å². The normalized spacial score (nSPS) is 26.9. The number of carboxylic acids is 1. The first-order valence-electron chi connectivity index (χ1n) is 8.59. The number of fused-ring (bicyclic) bond motifs is 1. The lowest BCUT2D eigenvalue weighted by atomic mass is 9.87. The first-order valence-corrected chi connectivity index (χ1v) is 9.47. The number of carboxylic acid groups (broad SMARTS) is 1. The number of aliphatic hydroxyl groups is 2. The van der Waals surface area contributed by atoms with E-state index in [9.17, 15) is 29.7 Å². The van der Waals surface area contributed by atoms with Crippen molar-refractivity contribution in [2.75, 3.05) is 18.1 Å². The van der Waals surface area contributed by atoms with Crippen LogP contribution in [0, 0.1) is 5.92 Å². The molecule has 2 aliphatic rings. The summed E-state index contributed by atoms with van der Waals surface area (Å²) in [4.78, 5) is 39.5. The lowest BCUT2D eigenvalue weighted by Gasteiger charge is -2.45. The summed E-state index contributed by atoms with van der Waals surface area (Å²) in [6.45, 7) is 3.14. The molecular weight excluding hydrogens is 372 g/mol. The number of hydrogen-bond donors (Lipinski definition) is 3. The molecule has 3 N–H and O–H groups in total. The van der Waals surface area contributed by atoms with Gasteiger partial charge in [0.25, 0.3) is 5.91 Å². The predicted octanol–water partition coefficient (Wildman–Crippen LogP) is 0.136. The molecule has 146 valence electrons. The average Bonchev–Trinajstić information content (AvgIpc) is 2.87. The fourth-order valence-corrected chi connectivity index (χ4v) is 5.44. The number of rotatable bonds is 6. The van der Waals surface area contributed by atoms with Gasteiger partial charge in [-0.1, -0.05) is 18.2 Å². The Morgan fingerprint density at radius 3 is 2.48 bits per heavy atom. The molecule has 2 aliphatic heterocycles. The highest BCUT2D eigenvalue weighted by Gasteiger charge is 2.66. The van der Waals surface area contributed by atoms with Gasteiger partial charge >= 0.3 is 5.97 Å². The van der Waals surface area contributed by atoms with Crippen molar-refractivity contribution in [1.29, 1.82) is 0 Å². The van der Waals surface area contributed by atoms with Crippen molar-refractivity contribution in [1.82, 2.24) is 4.90 Å². The third kappa shape index (κ3) is 3.19. The zero-order valence-corrected chi connectivity index (χ0v) is 15.8. The monoisotopic (exact) mass is 394 g/mol. The lowest BCUT2D eigenvalue weighted by molar-refractivity contribution is -0.170. The maximum atomic E-state index is 12.8. The number of benzene rings is 1. The lowest BCUT2D eigenvalue weighted by Crippen LogP contribution is -2.67. The van der Waals surface area contributed by atoms with Crippen molar-refractivity contribution in [2.24, 2.45) is 5.92 Å². The van der Waals surface area contributed by atoms with E-state index in [1.165, 1.54) is 21.6 Å². The number of aliphatic carboxylic acids is 1. The Hall–Kier alpha value is -2.10. The number of aliphatic hydroxyl groups excluding tert-OH is 2. The summed E-state index contributed by atoms with van der Waals surface area (Å²) in [6, 6.07) is 7.57. The van der Waals surface area contributed by atoms with Crippen molar-refractivity contribution >= 4 is 35.2 Å². The van der Waals surface area contributed by atoms with Gasteiger partial charge in [0.2, 0.25) is 5.91 Å². The molecule has 0 unspecified atom stereocenters. The van der Waals surface area contributed by atoms with E-state index in [1.807, 2.05) is 0 Å². The molecule has 0 bridgehead atoms. The molecule has 9 heteroatoms. The van der Waals surface area contributed by atoms with Gasteiger partial charge in [0, 0.05) is 17.0 Å². The van der Waals surface area contributed by atoms with Crippen LogP contribution in [0.2, 0.25) is 0 Å². The second kappa shape index (κ2) is 7.14. The maximum Gasteiger partial charge on any atom is 0.327 e. The second-order valence-corrected chi connectivity index (χ2v) is 8.89. The Morgan fingerprint density at radius 2 is 1.93 bits per heavy atom. The molecule has 0 aromatic heterocycles. The number of nitrogens with zero attached hydrogens (tertiary/aromatic N) is 2. The molecule has 1 aromatic rings. The highest BCUT2D eigenvalue weighted by atomic mass is 32.2. The highest BCUT2D eigenvalue weighted by Crippen LogP contribution is 2.54. The molecule has 1 aromatic carbocycles. The van der Waals surface area contributed by atoms with E-state index in [2.05, 4.69) is 0 Å². The van der Waals surface area contributed by atoms with Gasteiger partial charge in [-0.25, -0.2) is 4.79 Å². The Bertz CT molecular complexity index is 755. The minimum Gasteiger partial charge on any atom is -0.480 e. The third-order valence-corrected chi connectivity index (χ3v) is 6.56. The summed E-state index contributed by atoms with van der Waals surface area (Å²) in [5, 5.41) is 28.8. The molecule has 0 aliphatic carbocycles. The van der Waals surface area contributed by atoms with Gasteiger partial charge in [-0.15, -0.1) is 11.8 Å². The molecule has 0 radical (unpaired) electrons. The van der Waals surface area contributed by atoms with Crippen LogP contribution in [0.25, 0.3) is 0 Å². The van der Waals surface area contributed by atoms with Crippen LogP contribution in [0.4, 0.5) is 5.69 Å². The molecule has 27 heavy (non-hydrogen) atoms. The maximum absolute atomic E-state index is 12.8. The quantitative estimate of drug-likeness (QED) is 0.587. The van der Waals surface area contributed by atoms with Gasteiger partial charge in [0.05, 0.1) is 12.0 Å². The van der Waals surface area contributed by atoms with E-state index in [0.717, 1.165) is 0 Å². The SMILES string of the molecule is CC1(C)S[C@@H]2[C@H]([C@H](O)C(=O)N(CCO)c3ccccc3)C(=O)N2[C@H]1C(=O)O. The molecule has 0 spiro atoms. The zero-order chi connectivity index (χ0) is 19.9. The molecular formula is C18H22N2O6S. The van der Waals surface area contributed by atoms with Gasteiger partial charge in [-0.05, 0) is 26.0 Å². The Morgan fingerprint density at radius 1 is 1.30 bits per heavy atom. The standard InChI is InChI=1S/C18H22N2O6S/c1-18(2)13(17(25)26)20-14(23)11(16(20)27-18)12(22)15(24)19(8-9-21)10-6-4-3-5-7-10/h3-7,11-13,16,21-22H,8-9H2,1-2H3,(H,25,26)/t11-,12+,13+,16-/m1/s1. The smallest absolute Gasteiger partial charge is 0.327 e. The molecule has 0 saturated carbocycles. The summed E-state index contributed by atoms with van der Waals surface area (Å²) >= 11 is 1.28.